The number of esters is 1. The van der Waals surface area contributed by atoms with E-state index in [0.717, 1.165) is 11.4 Å². The summed E-state index contributed by atoms with van der Waals surface area (Å²) >= 11 is 0. The number of nitrogens with zero attached hydrogens (tertiary/aromatic N) is 2. The maximum absolute atomic E-state index is 12.2. The zero-order valence-corrected chi connectivity index (χ0v) is 13.8. The van der Waals surface area contributed by atoms with Gasteiger partial charge in [0.05, 0.1) is 29.8 Å². The number of aryl methyl sites for hydroxylation is 3. The molecule has 7 nitrogen and oxygen atoms in total. The van der Waals surface area contributed by atoms with E-state index in [4.69, 9.17) is 9.15 Å². The number of rotatable bonds is 6. The van der Waals surface area contributed by atoms with Crippen molar-refractivity contribution in [1.82, 2.24) is 9.78 Å². The zero-order valence-electron chi connectivity index (χ0n) is 13.8. The Morgan fingerprint density at radius 2 is 2.17 bits per heavy atom. The molecule has 0 bridgehead atoms. The molecular formula is C16H21N3O4. The predicted octanol–water partition coefficient (Wildman–Crippen LogP) is 2.13. The van der Waals surface area contributed by atoms with Gasteiger partial charge in [-0.3, -0.25) is 14.3 Å². The fourth-order valence-electron chi connectivity index (χ4n) is 2.17. The molecule has 1 amide bonds. The first-order valence-corrected chi connectivity index (χ1v) is 7.41. The lowest BCUT2D eigenvalue weighted by Crippen LogP contribution is -2.30. The fraction of sp³-hybridized carbons (Fsp3) is 0.438. The van der Waals surface area contributed by atoms with E-state index >= 15 is 0 Å². The SMILES string of the molecule is Cc1nn(C)c(C)c1NC(=O)[C@@H](C)OC(=O)CCc1ccco1. The summed E-state index contributed by atoms with van der Waals surface area (Å²) in [7, 11) is 1.80. The van der Waals surface area contributed by atoms with Crippen molar-refractivity contribution in [1.29, 1.82) is 0 Å². The van der Waals surface area contributed by atoms with Crippen molar-refractivity contribution < 1.29 is 18.7 Å². The van der Waals surface area contributed by atoms with E-state index in [1.807, 2.05) is 13.8 Å². The monoisotopic (exact) mass is 319 g/mol. The van der Waals surface area contributed by atoms with Crippen molar-refractivity contribution in [3.63, 3.8) is 0 Å². The molecule has 0 aliphatic heterocycles. The second-order valence-corrected chi connectivity index (χ2v) is 5.37. The minimum atomic E-state index is -0.877. The summed E-state index contributed by atoms with van der Waals surface area (Å²) in [5.41, 5.74) is 2.21. The highest BCUT2D eigenvalue weighted by Crippen LogP contribution is 2.18. The smallest absolute Gasteiger partial charge is 0.307 e. The number of furan rings is 1. The summed E-state index contributed by atoms with van der Waals surface area (Å²) in [6, 6.07) is 3.55. The van der Waals surface area contributed by atoms with E-state index in [-0.39, 0.29) is 12.3 Å². The van der Waals surface area contributed by atoms with Gasteiger partial charge in [-0.05, 0) is 32.9 Å². The van der Waals surface area contributed by atoms with Gasteiger partial charge in [0.15, 0.2) is 6.10 Å². The van der Waals surface area contributed by atoms with Gasteiger partial charge < -0.3 is 14.5 Å². The normalized spacial score (nSPS) is 12.0. The van der Waals surface area contributed by atoms with Crippen molar-refractivity contribution in [2.75, 3.05) is 5.32 Å². The Morgan fingerprint density at radius 1 is 1.43 bits per heavy atom. The van der Waals surface area contributed by atoms with Gasteiger partial charge in [-0.25, -0.2) is 0 Å². The molecule has 0 fully saturated rings. The summed E-state index contributed by atoms with van der Waals surface area (Å²) in [6.45, 7) is 5.21. The Kier molecular flexibility index (Phi) is 5.20. The number of hydrogen-bond acceptors (Lipinski definition) is 5. The van der Waals surface area contributed by atoms with Crippen LogP contribution >= 0.6 is 0 Å². The van der Waals surface area contributed by atoms with Crippen molar-refractivity contribution in [2.45, 2.75) is 39.7 Å². The standard InChI is InChI=1S/C16H21N3O4/c1-10-15(11(2)19(4)18-10)17-16(21)12(3)23-14(20)8-7-13-6-5-9-22-13/h5-6,9,12H,7-8H2,1-4H3,(H,17,21)/t12-/m1/s1. The van der Waals surface area contributed by atoms with Crippen LogP contribution in [0.25, 0.3) is 0 Å². The predicted molar refractivity (Wildman–Crippen MR) is 83.9 cm³/mol. The van der Waals surface area contributed by atoms with Crippen LogP contribution in [-0.2, 0) is 27.8 Å². The van der Waals surface area contributed by atoms with Crippen LogP contribution in [0, 0.1) is 13.8 Å². The van der Waals surface area contributed by atoms with Crippen LogP contribution < -0.4 is 5.32 Å². The molecule has 1 N–H and O–H groups in total. The van der Waals surface area contributed by atoms with E-state index in [1.54, 1.807) is 37.0 Å². The highest BCUT2D eigenvalue weighted by Gasteiger charge is 2.20. The molecule has 7 heteroatoms. The van der Waals surface area contributed by atoms with Gasteiger partial charge in [0.2, 0.25) is 0 Å². The molecular weight excluding hydrogens is 298 g/mol. The van der Waals surface area contributed by atoms with Gasteiger partial charge in [0.1, 0.15) is 5.76 Å². The fourth-order valence-corrected chi connectivity index (χ4v) is 2.17. The molecule has 0 saturated heterocycles. The molecule has 2 aromatic heterocycles. The first-order valence-electron chi connectivity index (χ1n) is 7.41. The van der Waals surface area contributed by atoms with Gasteiger partial charge >= 0.3 is 5.97 Å². The Bertz CT molecular complexity index is 688. The first-order chi connectivity index (χ1) is 10.9. The van der Waals surface area contributed by atoms with E-state index in [1.165, 1.54) is 0 Å². The molecule has 0 aliphatic carbocycles. The summed E-state index contributed by atoms with van der Waals surface area (Å²) < 4.78 is 12.0. The number of aromatic nitrogens is 2. The van der Waals surface area contributed by atoms with Crippen LogP contribution in [-0.4, -0.2) is 27.8 Å². The molecule has 0 aromatic carbocycles. The molecule has 0 unspecified atom stereocenters. The second kappa shape index (κ2) is 7.13. The first kappa shape index (κ1) is 16.8. The Hall–Kier alpha value is -2.57. The molecule has 2 aromatic rings. The van der Waals surface area contributed by atoms with Crippen molar-refractivity contribution >= 4 is 17.6 Å². The number of ether oxygens (including phenoxy) is 1. The van der Waals surface area contributed by atoms with E-state index in [2.05, 4.69) is 10.4 Å². The summed E-state index contributed by atoms with van der Waals surface area (Å²) in [5, 5.41) is 6.98. The van der Waals surface area contributed by atoms with Crippen molar-refractivity contribution in [2.24, 2.45) is 7.05 Å². The van der Waals surface area contributed by atoms with Gasteiger partial charge in [0.25, 0.3) is 5.91 Å². The lowest BCUT2D eigenvalue weighted by atomic mass is 10.2. The number of hydrogen-bond donors (Lipinski definition) is 1. The summed E-state index contributed by atoms with van der Waals surface area (Å²) in [5.74, 6) is -0.111. The average molecular weight is 319 g/mol. The topological polar surface area (TPSA) is 86.4 Å². The summed E-state index contributed by atoms with van der Waals surface area (Å²) in [6.07, 6.45) is 1.28. The summed E-state index contributed by atoms with van der Waals surface area (Å²) in [4.78, 5) is 23.9. The van der Waals surface area contributed by atoms with Gasteiger partial charge in [-0.15, -0.1) is 0 Å². The van der Waals surface area contributed by atoms with Crippen LogP contribution in [0.1, 0.15) is 30.5 Å². The molecule has 2 heterocycles. The highest BCUT2D eigenvalue weighted by atomic mass is 16.5. The third-order valence-electron chi connectivity index (χ3n) is 3.59. The molecule has 0 radical (unpaired) electrons. The maximum Gasteiger partial charge on any atom is 0.307 e. The van der Waals surface area contributed by atoms with Crippen molar-refractivity contribution in [3.05, 3.63) is 35.5 Å². The van der Waals surface area contributed by atoms with E-state index in [0.29, 0.717) is 17.9 Å². The number of carbonyl (C=O) groups excluding carboxylic acids is 2. The number of amides is 1. The molecule has 124 valence electrons. The van der Waals surface area contributed by atoms with Gasteiger partial charge in [-0.2, -0.15) is 5.10 Å². The third-order valence-corrected chi connectivity index (χ3v) is 3.59. The molecule has 23 heavy (non-hydrogen) atoms. The largest absolute Gasteiger partial charge is 0.469 e. The molecule has 0 aliphatic rings. The van der Waals surface area contributed by atoms with Crippen LogP contribution in [0.4, 0.5) is 5.69 Å². The lowest BCUT2D eigenvalue weighted by molar-refractivity contribution is -0.153. The quantitative estimate of drug-likeness (QED) is 0.824. The van der Waals surface area contributed by atoms with Gasteiger partial charge in [-0.1, -0.05) is 0 Å². The van der Waals surface area contributed by atoms with Crippen LogP contribution in [0.15, 0.2) is 22.8 Å². The number of carbonyl (C=O) groups is 2. The van der Waals surface area contributed by atoms with Crippen LogP contribution in [0.2, 0.25) is 0 Å². The molecule has 0 saturated carbocycles. The average Bonchev–Trinajstić information content (AvgIpc) is 3.09. The minimum Gasteiger partial charge on any atom is -0.469 e. The van der Waals surface area contributed by atoms with E-state index < -0.39 is 12.1 Å². The van der Waals surface area contributed by atoms with Crippen molar-refractivity contribution in [3.8, 4) is 0 Å². The minimum absolute atomic E-state index is 0.163. The Labute approximate surface area is 134 Å². The lowest BCUT2D eigenvalue weighted by Gasteiger charge is -2.13. The molecule has 0 spiro atoms. The van der Waals surface area contributed by atoms with Crippen LogP contribution in [0.5, 0.6) is 0 Å². The third kappa shape index (κ3) is 4.21. The Balaban J connectivity index is 1.85. The highest BCUT2D eigenvalue weighted by molar-refractivity contribution is 5.96. The van der Waals surface area contributed by atoms with E-state index in [9.17, 15) is 9.59 Å². The maximum atomic E-state index is 12.2. The van der Waals surface area contributed by atoms with Gasteiger partial charge in [0, 0.05) is 13.5 Å². The molecule has 1 atom stereocenters. The number of anilines is 1. The second-order valence-electron chi connectivity index (χ2n) is 5.37. The van der Waals surface area contributed by atoms with Crippen LogP contribution in [0.3, 0.4) is 0 Å². The number of nitrogens with one attached hydrogen (secondary N) is 1. The zero-order chi connectivity index (χ0) is 17.0. The molecule has 2 rings (SSSR count). The Morgan fingerprint density at radius 3 is 2.74 bits per heavy atom.